The number of carboxylic acids is 2. The predicted molar refractivity (Wildman–Crippen MR) is 133 cm³/mol. The number of carboxylic acid groups (broad SMARTS) is 2. The van der Waals surface area contributed by atoms with Crippen molar-refractivity contribution < 1.29 is 41.4 Å². The molecule has 3 heterocycles. The Morgan fingerprint density at radius 1 is 1.08 bits per heavy atom. The van der Waals surface area contributed by atoms with Crippen LogP contribution in [0.3, 0.4) is 0 Å². The minimum atomic E-state index is -5.08. The van der Waals surface area contributed by atoms with Crippen LogP contribution in [-0.2, 0) is 14.8 Å². The van der Waals surface area contributed by atoms with Crippen molar-refractivity contribution in [2.45, 2.75) is 36.1 Å². The molecule has 0 spiro atoms. The normalized spacial score (nSPS) is 18.7. The summed E-state index contributed by atoms with van der Waals surface area (Å²) in [5, 5.41) is 18.6. The highest BCUT2D eigenvalue weighted by Gasteiger charge is 2.38. The average molecular weight is 564 g/mol. The third kappa shape index (κ3) is 8.07. The fraction of sp³-hybridized carbons (Fsp3) is 0.478. The molecule has 0 bridgehead atoms. The van der Waals surface area contributed by atoms with Crippen molar-refractivity contribution in [3.63, 3.8) is 0 Å². The number of nitrogens with zero attached hydrogens (tertiary/aromatic N) is 2. The molecule has 37 heavy (non-hydrogen) atoms. The number of aliphatic carboxylic acids is 1. The summed E-state index contributed by atoms with van der Waals surface area (Å²) in [6.45, 7) is 5.04. The number of rotatable bonds is 7. The SMILES string of the molecule is O=C(O)C(F)(F)F.O=C(O)c1cc(NS(=O)(=O)c2cccs2)ccc1N1CCCC(CN2CCCC2)C1. The van der Waals surface area contributed by atoms with Gasteiger partial charge < -0.3 is 20.0 Å². The summed E-state index contributed by atoms with van der Waals surface area (Å²) in [6, 6.07) is 7.99. The number of alkyl halides is 3. The maximum absolute atomic E-state index is 12.5. The summed E-state index contributed by atoms with van der Waals surface area (Å²) in [7, 11) is -3.72. The number of carbonyl (C=O) groups is 2. The first kappa shape index (κ1) is 28.7. The largest absolute Gasteiger partial charge is 0.490 e. The number of benzene rings is 1. The number of nitrogens with one attached hydrogen (secondary N) is 1. The topological polar surface area (TPSA) is 127 Å². The third-order valence-electron chi connectivity index (χ3n) is 6.06. The van der Waals surface area contributed by atoms with Crippen LogP contribution in [0, 0.1) is 5.92 Å². The lowest BCUT2D eigenvalue weighted by atomic mass is 9.96. The molecule has 2 fully saturated rings. The summed E-state index contributed by atoms with van der Waals surface area (Å²) in [4.78, 5) is 25.5. The first-order chi connectivity index (χ1) is 17.4. The zero-order valence-corrected chi connectivity index (χ0v) is 21.4. The molecule has 4 rings (SSSR count). The smallest absolute Gasteiger partial charge is 0.478 e. The van der Waals surface area contributed by atoms with E-state index in [1.165, 1.54) is 25.0 Å². The number of anilines is 2. The summed E-state index contributed by atoms with van der Waals surface area (Å²) >= 11 is 1.12. The van der Waals surface area contributed by atoms with Gasteiger partial charge in [0.05, 0.1) is 11.3 Å². The van der Waals surface area contributed by atoms with Gasteiger partial charge in [-0.05, 0) is 74.3 Å². The van der Waals surface area contributed by atoms with Crippen LogP contribution in [0.25, 0.3) is 0 Å². The van der Waals surface area contributed by atoms with Gasteiger partial charge in [0, 0.05) is 25.3 Å². The average Bonchev–Trinajstić information content (AvgIpc) is 3.54. The number of hydrogen-bond acceptors (Lipinski definition) is 7. The molecule has 1 aromatic carbocycles. The van der Waals surface area contributed by atoms with E-state index in [0.29, 0.717) is 11.6 Å². The van der Waals surface area contributed by atoms with Crippen LogP contribution in [0.1, 0.15) is 36.0 Å². The van der Waals surface area contributed by atoms with E-state index in [1.54, 1.807) is 23.6 Å². The molecule has 14 heteroatoms. The second-order valence-corrected chi connectivity index (χ2v) is 11.7. The summed E-state index contributed by atoms with van der Waals surface area (Å²) in [5.41, 5.74) is 1.05. The van der Waals surface area contributed by atoms with Crippen LogP contribution in [0.15, 0.2) is 39.9 Å². The zero-order valence-electron chi connectivity index (χ0n) is 19.8. The van der Waals surface area contributed by atoms with E-state index in [0.717, 1.165) is 56.9 Å². The second-order valence-electron chi connectivity index (χ2n) is 8.84. The molecule has 3 N–H and O–H groups in total. The van der Waals surface area contributed by atoms with Crippen molar-refractivity contribution in [2.75, 3.05) is 42.3 Å². The van der Waals surface area contributed by atoms with Crippen LogP contribution >= 0.6 is 11.3 Å². The summed E-state index contributed by atoms with van der Waals surface area (Å²) < 4.78 is 59.4. The van der Waals surface area contributed by atoms with E-state index in [1.807, 2.05) is 0 Å². The van der Waals surface area contributed by atoms with Crippen molar-refractivity contribution in [2.24, 2.45) is 5.92 Å². The van der Waals surface area contributed by atoms with E-state index in [2.05, 4.69) is 14.5 Å². The Hall–Kier alpha value is -2.84. The Balaban J connectivity index is 0.000000479. The highest BCUT2D eigenvalue weighted by atomic mass is 32.2. The van der Waals surface area contributed by atoms with E-state index in [-0.39, 0.29) is 15.5 Å². The molecule has 2 saturated heterocycles. The van der Waals surface area contributed by atoms with Crippen LogP contribution in [0.4, 0.5) is 24.5 Å². The van der Waals surface area contributed by atoms with E-state index >= 15 is 0 Å². The van der Waals surface area contributed by atoms with Crippen LogP contribution in [0.2, 0.25) is 0 Å². The first-order valence-corrected chi connectivity index (χ1v) is 13.9. The zero-order chi connectivity index (χ0) is 27.2. The van der Waals surface area contributed by atoms with Gasteiger partial charge in [-0.1, -0.05) is 6.07 Å². The van der Waals surface area contributed by atoms with Gasteiger partial charge in [-0.15, -0.1) is 11.3 Å². The van der Waals surface area contributed by atoms with Gasteiger partial charge in [0.25, 0.3) is 10.0 Å². The number of halogens is 3. The number of sulfonamides is 1. The lowest BCUT2D eigenvalue weighted by molar-refractivity contribution is -0.192. The maximum atomic E-state index is 12.5. The number of likely N-dealkylation sites (tertiary alicyclic amines) is 1. The second kappa shape index (κ2) is 12.1. The summed E-state index contributed by atoms with van der Waals surface area (Å²) in [5.74, 6) is -3.29. The minimum absolute atomic E-state index is 0.128. The quantitative estimate of drug-likeness (QED) is 0.458. The third-order valence-corrected chi connectivity index (χ3v) is 8.84. The van der Waals surface area contributed by atoms with Crippen LogP contribution in [0.5, 0.6) is 0 Å². The van der Waals surface area contributed by atoms with Crippen molar-refractivity contribution in [1.29, 1.82) is 0 Å². The highest BCUT2D eigenvalue weighted by molar-refractivity contribution is 7.94. The standard InChI is InChI=1S/C21H27N3O4S2.C2HF3O2/c25-21(26)18-13-17(22-30(27,28)20-6-4-12-29-20)7-8-19(18)24-11-3-5-16(15-24)14-23-9-1-2-10-23;3-2(4,5)1(6)7/h4,6-8,12-13,16,22H,1-3,5,9-11,14-15H2,(H,25,26);(H,6,7). The molecular weight excluding hydrogens is 535 g/mol. The lowest BCUT2D eigenvalue weighted by Gasteiger charge is -2.36. The Labute approximate surface area is 216 Å². The molecule has 9 nitrogen and oxygen atoms in total. The van der Waals surface area contributed by atoms with Crippen molar-refractivity contribution in [3.8, 4) is 0 Å². The number of hydrogen-bond donors (Lipinski definition) is 3. The molecule has 204 valence electrons. The van der Waals surface area contributed by atoms with Gasteiger partial charge in [0.15, 0.2) is 0 Å². The van der Waals surface area contributed by atoms with Crippen LogP contribution in [-0.4, -0.2) is 74.4 Å². The van der Waals surface area contributed by atoms with E-state index in [4.69, 9.17) is 9.90 Å². The van der Waals surface area contributed by atoms with E-state index < -0.39 is 28.1 Å². The van der Waals surface area contributed by atoms with Crippen molar-refractivity contribution >= 4 is 44.7 Å². The number of thiophene rings is 1. The molecule has 0 aliphatic carbocycles. The Morgan fingerprint density at radius 3 is 2.32 bits per heavy atom. The minimum Gasteiger partial charge on any atom is -0.478 e. The molecule has 1 aromatic heterocycles. The molecule has 1 unspecified atom stereocenters. The van der Waals surface area contributed by atoms with Gasteiger partial charge in [0.1, 0.15) is 4.21 Å². The summed E-state index contributed by atoms with van der Waals surface area (Å²) in [6.07, 6.45) is -0.358. The molecule has 2 aromatic rings. The molecule has 2 aliphatic heterocycles. The van der Waals surface area contributed by atoms with Gasteiger partial charge in [-0.3, -0.25) is 4.72 Å². The molecular formula is C23H28F3N3O6S2. The fourth-order valence-corrected chi connectivity index (χ4v) is 6.47. The molecule has 0 amide bonds. The Kier molecular flexibility index (Phi) is 9.42. The Morgan fingerprint density at radius 2 is 1.76 bits per heavy atom. The fourth-order valence-electron chi connectivity index (χ4n) is 4.43. The van der Waals surface area contributed by atoms with Crippen molar-refractivity contribution in [3.05, 3.63) is 41.3 Å². The van der Waals surface area contributed by atoms with Gasteiger partial charge in [-0.25, -0.2) is 18.0 Å². The van der Waals surface area contributed by atoms with Crippen molar-refractivity contribution in [1.82, 2.24) is 4.90 Å². The molecule has 0 radical (unpaired) electrons. The van der Waals surface area contributed by atoms with Gasteiger partial charge in [0.2, 0.25) is 0 Å². The van der Waals surface area contributed by atoms with E-state index in [9.17, 15) is 31.5 Å². The molecule has 1 atom stereocenters. The monoisotopic (exact) mass is 563 g/mol. The lowest BCUT2D eigenvalue weighted by Crippen LogP contribution is -2.41. The van der Waals surface area contributed by atoms with Crippen LogP contribution < -0.4 is 9.62 Å². The first-order valence-electron chi connectivity index (χ1n) is 11.6. The number of piperidine rings is 1. The predicted octanol–water partition coefficient (Wildman–Crippen LogP) is 4.19. The highest BCUT2D eigenvalue weighted by Crippen LogP contribution is 2.31. The number of aromatic carboxylic acids is 1. The van der Waals surface area contributed by atoms with Gasteiger partial charge >= 0.3 is 18.1 Å². The molecule has 2 aliphatic rings. The maximum Gasteiger partial charge on any atom is 0.490 e. The molecule has 0 saturated carbocycles. The van der Waals surface area contributed by atoms with Gasteiger partial charge in [-0.2, -0.15) is 13.2 Å². The Bertz CT molecular complexity index is 1180.